The van der Waals surface area contributed by atoms with Gasteiger partial charge in [0.25, 0.3) is 0 Å². The average molecular weight is 303 g/mol. The van der Waals surface area contributed by atoms with Gasteiger partial charge in [0.1, 0.15) is 0 Å². The van der Waals surface area contributed by atoms with E-state index >= 15 is 0 Å². The Kier molecular flexibility index (Phi) is 3.27. The van der Waals surface area contributed by atoms with Crippen molar-refractivity contribution in [1.29, 1.82) is 0 Å². The average Bonchev–Trinajstić information content (AvgIpc) is 3.09. The molecule has 0 amide bonds. The molecule has 0 saturated carbocycles. The Balaban J connectivity index is 1.83. The quantitative estimate of drug-likeness (QED) is 0.687. The second-order valence-electron chi connectivity index (χ2n) is 5.19. The van der Waals surface area contributed by atoms with Crippen LogP contribution < -0.4 is 9.47 Å². The molecule has 0 radical (unpaired) electrons. The summed E-state index contributed by atoms with van der Waals surface area (Å²) in [7, 11) is 0. The zero-order chi connectivity index (χ0) is 15.6. The van der Waals surface area contributed by atoms with Gasteiger partial charge in [0, 0.05) is 16.7 Å². The van der Waals surface area contributed by atoms with Crippen molar-refractivity contribution in [2.75, 3.05) is 6.79 Å². The van der Waals surface area contributed by atoms with Gasteiger partial charge in [-0.3, -0.25) is 4.79 Å². The molecule has 0 saturated heterocycles. The number of carbonyl (C=O) groups excluding carboxylic acids is 1. The molecule has 0 atom stereocenters. The van der Waals surface area contributed by atoms with E-state index in [1.165, 1.54) is 0 Å². The number of benzene rings is 2. The standard InChI is InChI=1S/C19H13NO3/c21-11-15-6-8-16(20-19(15)13-4-2-1-3-5-13)14-7-9-17-18(10-14)23-12-22-17/h1-11H,12H2. The summed E-state index contributed by atoms with van der Waals surface area (Å²) >= 11 is 0. The van der Waals surface area contributed by atoms with E-state index in [0.717, 1.165) is 28.9 Å². The molecular formula is C19H13NO3. The summed E-state index contributed by atoms with van der Waals surface area (Å²) in [6.07, 6.45) is 0.832. The molecule has 112 valence electrons. The lowest BCUT2D eigenvalue weighted by atomic mass is 10.0. The summed E-state index contributed by atoms with van der Waals surface area (Å²) in [6, 6.07) is 19.0. The predicted octanol–water partition coefficient (Wildman–Crippen LogP) is 3.96. The maximum Gasteiger partial charge on any atom is 0.231 e. The van der Waals surface area contributed by atoms with Gasteiger partial charge in [0.2, 0.25) is 6.79 Å². The normalized spacial score (nSPS) is 12.2. The van der Waals surface area contributed by atoms with Crippen molar-refractivity contribution < 1.29 is 14.3 Å². The maximum atomic E-state index is 11.3. The highest BCUT2D eigenvalue weighted by Gasteiger charge is 2.15. The molecule has 4 heteroatoms. The van der Waals surface area contributed by atoms with E-state index in [1.807, 2.05) is 54.6 Å². The van der Waals surface area contributed by atoms with E-state index in [-0.39, 0.29) is 6.79 Å². The first-order valence-electron chi connectivity index (χ1n) is 7.27. The van der Waals surface area contributed by atoms with E-state index in [4.69, 9.17) is 9.47 Å². The van der Waals surface area contributed by atoms with Gasteiger partial charge >= 0.3 is 0 Å². The number of hydrogen-bond donors (Lipinski definition) is 0. The molecular weight excluding hydrogens is 290 g/mol. The van der Waals surface area contributed by atoms with Gasteiger partial charge in [-0.1, -0.05) is 30.3 Å². The highest BCUT2D eigenvalue weighted by molar-refractivity contribution is 5.87. The van der Waals surface area contributed by atoms with Crippen molar-refractivity contribution >= 4 is 6.29 Å². The minimum absolute atomic E-state index is 0.242. The molecule has 1 aromatic heterocycles. The molecule has 0 bridgehead atoms. The Morgan fingerprint density at radius 2 is 1.70 bits per heavy atom. The third kappa shape index (κ3) is 2.44. The van der Waals surface area contributed by atoms with Crippen LogP contribution in [0.3, 0.4) is 0 Å². The summed E-state index contributed by atoms with van der Waals surface area (Å²) in [5.74, 6) is 1.45. The molecule has 0 unspecified atom stereocenters. The van der Waals surface area contributed by atoms with Crippen molar-refractivity contribution in [3.8, 4) is 34.0 Å². The fraction of sp³-hybridized carbons (Fsp3) is 0.0526. The number of carbonyl (C=O) groups is 1. The zero-order valence-corrected chi connectivity index (χ0v) is 12.2. The van der Waals surface area contributed by atoms with Gasteiger partial charge in [0.05, 0.1) is 11.4 Å². The molecule has 0 fully saturated rings. The molecule has 2 aromatic carbocycles. The number of pyridine rings is 1. The number of nitrogens with zero attached hydrogens (tertiary/aromatic N) is 1. The van der Waals surface area contributed by atoms with Gasteiger partial charge in [-0.15, -0.1) is 0 Å². The molecule has 4 rings (SSSR count). The molecule has 1 aliphatic rings. The van der Waals surface area contributed by atoms with Crippen LogP contribution in [0.25, 0.3) is 22.5 Å². The lowest BCUT2D eigenvalue weighted by Gasteiger charge is -2.08. The maximum absolute atomic E-state index is 11.3. The largest absolute Gasteiger partial charge is 0.454 e. The Bertz CT molecular complexity index is 875. The van der Waals surface area contributed by atoms with Gasteiger partial charge in [-0.05, 0) is 30.3 Å². The van der Waals surface area contributed by atoms with Crippen LogP contribution in [-0.4, -0.2) is 18.1 Å². The molecule has 3 aromatic rings. The van der Waals surface area contributed by atoms with Gasteiger partial charge in [-0.25, -0.2) is 4.98 Å². The summed E-state index contributed by atoms with van der Waals surface area (Å²) in [6.45, 7) is 0.242. The van der Waals surface area contributed by atoms with E-state index in [2.05, 4.69) is 4.98 Å². The first kappa shape index (κ1) is 13.5. The van der Waals surface area contributed by atoms with Crippen LogP contribution in [0.1, 0.15) is 10.4 Å². The molecule has 0 spiro atoms. The van der Waals surface area contributed by atoms with Crippen LogP contribution in [0.4, 0.5) is 0 Å². The Morgan fingerprint density at radius 1 is 0.870 bits per heavy atom. The predicted molar refractivity (Wildman–Crippen MR) is 86.6 cm³/mol. The fourth-order valence-corrected chi connectivity index (χ4v) is 2.61. The number of aldehydes is 1. The lowest BCUT2D eigenvalue weighted by molar-refractivity contribution is 0.112. The molecule has 1 aliphatic heterocycles. The molecule has 2 heterocycles. The van der Waals surface area contributed by atoms with Crippen LogP contribution in [0.2, 0.25) is 0 Å². The van der Waals surface area contributed by atoms with Crippen LogP contribution in [0, 0.1) is 0 Å². The second kappa shape index (κ2) is 5.57. The molecule has 4 nitrogen and oxygen atoms in total. The van der Waals surface area contributed by atoms with E-state index in [9.17, 15) is 4.79 Å². The fourth-order valence-electron chi connectivity index (χ4n) is 2.61. The topological polar surface area (TPSA) is 48.4 Å². The summed E-state index contributed by atoms with van der Waals surface area (Å²) < 4.78 is 10.7. The molecule has 23 heavy (non-hydrogen) atoms. The van der Waals surface area contributed by atoms with Crippen molar-refractivity contribution in [2.45, 2.75) is 0 Å². The van der Waals surface area contributed by atoms with E-state index in [0.29, 0.717) is 17.0 Å². The van der Waals surface area contributed by atoms with Gasteiger partial charge in [0.15, 0.2) is 17.8 Å². The van der Waals surface area contributed by atoms with Crippen LogP contribution in [-0.2, 0) is 0 Å². The first-order valence-corrected chi connectivity index (χ1v) is 7.27. The SMILES string of the molecule is O=Cc1ccc(-c2ccc3c(c2)OCO3)nc1-c1ccccc1. The highest BCUT2D eigenvalue weighted by Crippen LogP contribution is 2.36. The third-order valence-electron chi connectivity index (χ3n) is 3.77. The summed E-state index contributed by atoms with van der Waals surface area (Å²) in [4.78, 5) is 16.0. The van der Waals surface area contributed by atoms with E-state index < -0.39 is 0 Å². The van der Waals surface area contributed by atoms with Crippen LogP contribution in [0.5, 0.6) is 11.5 Å². The van der Waals surface area contributed by atoms with Crippen molar-refractivity contribution in [1.82, 2.24) is 4.98 Å². The number of fused-ring (bicyclic) bond motifs is 1. The summed E-state index contributed by atoms with van der Waals surface area (Å²) in [5, 5.41) is 0. The van der Waals surface area contributed by atoms with Crippen molar-refractivity contribution in [3.05, 3.63) is 66.2 Å². The minimum atomic E-state index is 0.242. The Morgan fingerprint density at radius 3 is 2.52 bits per heavy atom. The Labute approximate surface area is 133 Å². The first-order chi connectivity index (χ1) is 11.3. The zero-order valence-electron chi connectivity index (χ0n) is 12.2. The number of rotatable bonds is 3. The lowest BCUT2D eigenvalue weighted by Crippen LogP contribution is -1.94. The van der Waals surface area contributed by atoms with Crippen molar-refractivity contribution in [3.63, 3.8) is 0 Å². The highest BCUT2D eigenvalue weighted by atomic mass is 16.7. The van der Waals surface area contributed by atoms with E-state index in [1.54, 1.807) is 6.07 Å². The van der Waals surface area contributed by atoms with Crippen LogP contribution >= 0.6 is 0 Å². The number of ether oxygens (including phenoxy) is 2. The number of hydrogen-bond acceptors (Lipinski definition) is 4. The van der Waals surface area contributed by atoms with Crippen molar-refractivity contribution in [2.24, 2.45) is 0 Å². The van der Waals surface area contributed by atoms with Gasteiger partial charge in [-0.2, -0.15) is 0 Å². The monoisotopic (exact) mass is 303 g/mol. The molecule has 0 aliphatic carbocycles. The smallest absolute Gasteiger partial charge is 0.231 e. The Hall–Kier alpha value is -3.14. The number of aromatic nitrogens is 1. The molecule has 0 N–H and O–H groups in total. The summed E-state index contributed by atoms with van der Waals surface area (Å²) in [5.41, 5.74) is 3.87. The van der Waals surface area contributed by atoms with Crippen LogP contribution in [0.15, 0.2) is 60.7 Å². The van der Waals surface area contributed by atoms with Gasteiger partial charge < -0.3 is 9.47 Å². The second-order valence-corrected chi connectivity index (χ2v) is 5.19. The third-order valence-corrected chi connectivity index (χ3v) is 3.77. The minimum Gasteiger partial charge on any atom is -0.454 e.